The van der Waals surface area contributed by atoms with Crippen molar-refractivity contribution < 1.29 is 9.53 Å². The first kappa shape index (κ1) is 23.1. The lowest BCUT2D eigenvalue weighted by atomic mass is 9.96. The predicted molar refractivity (Wildman–Crippen MR) is 140 cm³/mol. The molecule has 3 heterocycles. The van der Waals surface area contributed by atoms with Crippen molar-refractivity contribution in [1.82, 2.24) is 15.3 Å². The van der Waals surface area contributed by atoms with Crippen LogP contribution in [-0.4, -0.2) is 36.1 Å². The minimum absolute atomic E-state index is 0.0519. The van der Waals surface area contributed by atoms with E-state index in [2.05, 4.69) is 34.3 Å². The van der Waals surface area contributed by atoms with E-state index in [-0.39, 0.29) is 17.4 Å². The number of aromatic nitrogens is 2. The fourth-order valence-corrected chi connectivity index (χ4v) is 5.42. The third-order valence-electron chi connectivity index (χ3n) is 6.53. The van der Waals surface area contributed by atoms with E-state index < -0.39 is 0 Å². The highest BCUT2D eigenvalue weighted by Crippen LogP contribution is 2.32. The fraction of sp³-hybridized carbons (Fsp3) is 0.296. The number of fused-ring (bicyclic) bond motifs is 1. The van der Waals surface area contributed by atoms with Gasteiger partial charge in [-0.3, -0.25) is 14.6 Å². The Balaban J connectivity index is 1.26. The molecule has 0 unspecified atom stereocenters. The zero-order valence-electron chi connectivity index (χ0n) is 19.8. The average molecular weight is 489 g/mol. The van der Waals surface area contributed by atoms with E-state index in [1.807, 2.05) is 41.8 Å². The van der Waals surface area contributed by atoms with Crippen molar-refractivity contribution in [1.29, 1.82) is 0 Å². The summed E-state index contributed by atoms with van der Waals surface area (Å²) >= 11 is 1.42. The Kier molecular flexibility index (Phi) is 6.55. The van der Waals surface area contributed by atoms with Crippen molar-refractivity contribution in [3.63, 3.8) is 0 Å². The molecular weight excluding hydrogens is 460 g/mol. The van der Waals surface area contributed by atoms with Gasteiger partial charge in [-0.25, -0.2) is 4.98 Å². The van der Waals surface area contributed by atoms with Gasteiger partial charge in [-0.1, -0.05) is 42.0 Å². The van der Waals surface area contributed by atoms with Gasteiger partial charge >= 0.3 is 0 Å². The third kappa shape index (κ3) is 4.93. The number of aryl methyl sites for hydroxylation is 1. The number of methoxy groups -OCH3 is 1. The van der Waals surface area contributed by atoms with Crippen LogP contribution in [0.1, 0.15) is 24.0 Å². The quantitative estimate of drug-likeness (QED) is 0.417. The number of hydrogen-bond donors (Lipinski definition) is 2. The van der Waals surface area contributed by atoms with Gasteiger partial charge in [-0.05, 0) is 43.0 Å². The monoisotopic (exact) mass is 488 g/mol. The molecule has 1 aliphatic heterocycles. The van der Waals surface area contributed by atoms with E-state index in [4.69, 9.17) is 9.72 Å². The van der Waals surface area contributed by atoms with Crippen LogP contribution in [0.25, 0.3) is 21.3 Å². The lowest BCUT2D eigenvalue weighted by Crippen LogP contribution is -2.41. The van der Waals surface area contributed by atoms with Gasteiger partial charge < -0.3 is 15.0 Å². The molecule has 2 aromatic heterocycles. The number of piperidine rings is 1. The number of H-pyrrole nitrogens is 1. The highest BCUT2D eigenvalue weighted by atomic mass is 32.1. The molecule has 1 saturated heterocycles. The minimum Gasteiger partial charge on any atom is -0.497 e. The Bertz CT molecular complexity index is 1400. The first-order chi connectivity index (χ1) is 17.0. The van der Waals surface area contributed by atoms with E-state index in [9.17, 15) is 9.59 Å². The number of carbonyl (C=O) groups is 1. The van der Waals surface area contributed by atoms with Crippen LogP contribution >= 0.6 is 11.3 Å². The van der Waals surface area contributed by atoms with E-state index in [0.717, 1.165) is 28.0 Å². The summed E-state index contributed by atoms with van der Waals surface area (Å²) in [7, 11) is 1.63. The summed E-state index contributed by atoms with van der Waals surface area (Å²) in [6.45, 7) is 3.88. The molecule has 0 aliphatic carbocycles. The van der Waals surface area contributed by atoms with Gasteiger partial charge in [0.05, 0.1) is 12.6 Å². The van der Waals surface area contributed by atoms with Crippen LogP contribution in [0.2, 0.25) is 0 Å². The summed E-state index contributed by atoms with van der Waals surface area (Å²) in [6, 6.07) is 15.9. The Morgan fingerprint density at radius 2 is 1.97 bits per heavy atom. The number of nitrogens with zero attached hydrogens (tertiary/aromatic N) is 2. The summed E-state index contributed by atoms with van der Waals surface area (Å²) in [5, 5.41) is 5.06. The van der Waals surface area contributed by atoms with Gasteiger partial charge in [0.2, 0.25) is 11.9 Å². The molecule has 7 nitrogen and oxygen atoms in total. The van der Waals surface area contributed by atoms with E-state index in [1.165, 1.54) is 16.9 Å². The number of nitrogens with one attached hydrogen (secondary N) is 2. The first-order valence-electron chi connectivity index (χ1n) is 11.8. The maximum absolute atomic E-state index is 12.8. The molecule has 180 valence electrons. The standard InChI is InChI=1S/C27H28N4O3S/c1-17-4-3-5-20(14-17)22-16-35-24-23(22)29-27(30-26(24)33)31-12-10-19(11-13-31)25(32)28-15-18-6-8-21(34-2)9-7-18/h3-9,14,16,19H,10-13,15H2,1-2H3,(H,28,32)(H,29,30,33). The number of rotatable bonds is 6. The van der Waals surface area contributed by atoms with Gasteiger partial charge in [-0.2, -0.15) is 0 Å². The fourth-order valence-electron chi connectivity index (χ4n) is 4.51. The molecule has 1 amide bonds. The molecule has 8 heteroatoms. The van der Waals surface area contributed by atoms with Gasteiger partial charge in [0.25, 0.3) is 5.56 Å². The molecule has 0 radical (unpaired) electrons. The molecule has 2 aromatic carbocycles. The number of anilines is 1. The summed E-state index contributed by atoms with van der Waals surface area (Å²) in [4.78, 5) is 35.4. The molecule has 1 fully saturated rings. The van der Waals surface area contributed by atoms with E-state index in [1.54, 1.807) is 7.11 Å². The average Bonchev–Trinajstić information content (AvgIpc) is 3.32. The van der Waals surface area contributed by atoms with E-state index in [0.29, 0.717) is 43.1 Å². The van der Waals surface area contributed by atoms with Crippen LogP contribution in [0.4, 0.5) is 5.95 Å². The predicted octanol–water partition coefficient (Wildman–Crippen LogP) is 4.50. The lowest BCUT2D eigenvalue weighted by Gasteiger charge is -2.31. The van der Waals surface area contributed by atoms with Gasteiger partial charge in [0.1, 0.15) is 10.4 Å². The second-order valence-corrected chi connectivity index (χ2v) is 9.79. The highest BCUT2D eigenvalue weighted by molar-refractivity contribution is 7.17. The van der Waals surface area contributed by atoms with Crippen LogP contribution in [0, 0.1) is 12.8 Å². The number of carbonyl (C=O) groups excluding carboxylic acids is 1. The Hall–Kier alpha value is -3.65. The zero-order chi connectivity index (χ0) is 24.4. The highest BCUT2D eigenvalue weighted by Gasteiger charge is 2.26. The van der Waals surface area contributed by atoms with Crippen LogP contribution in [0.3, 0.4) is 0 Å². The zero-order valence-corrected chi connectivity index (χ0v) is 20.7. The molecule has 4 aromatic rings. The van der Waals surface area contributed by atoms with Crippen molar-refractivity contribution in [3.05, 3.63) is 75.4 Å². The van der Waals surface area contributed by atoms with E-state index >= 15 is 0 Å². The Labute approximate surface area is 207 Å². The summed E-state index contributed by atoms with van der Waals surface area (Å²) in [5.41, 5.74) is 4.86. The second kappa shape index (κ2) is 9.92. The Morgan fingerprint density at radius 1 is 1.20 bits per heavy atom. The molecular formula is C27H28N4O3S. The van der Waals surface area contributed by atoms with Crippen molar-refractivity contribution >= 4 is 33.4 Å². The number of benzene rings is 2. The van der Waals surface area contributed by atoms with Crippen molar-refractivity contribution in [2.75, 3.05) is 25.1 Å². The Morgan fingerprint density at radius 3 is 2.69 bits per heavy atom. The molecule has 0 bridgehead atoms. The van der Waals surface area contributed by atoms with Crippen molar-refractivity contribution in [2.45, 2.75) is 26.3 Å². The summed E-state index contributed by atoms with van der Waals surface area (Å²) < 4.78 is 5.81. The molecule has 5 rings (SSSR count). The SMILES string of the molecule is COc1ccc(CNC(=O)C2CCN(c3nc4c(-c5cccc(C)c5)csc4c(=O)[nH]3)CC2)cc1. The second-order valence-electron chi connectivity index (χ2n) is 8.91. The third-order valence-corrected chi connectivity index (χ3v) is 7.50. The molecule has 2 N–H and O–H groups in total. The topological polar surface area (TPSA) is 87.3 Å². The molecule has 0 spiro atoms. The van der Waals surface area contributed by atoms with Gasteiger partial charge in [0, 0.05) is 36.5 Å². The van der Waals surface area contributed by atoms with Gasteiger partial charge in [0.15, 0.2) is 0 Å². The number of thiophene rings is 1. The van der Waals surface area contributed by atoms with Crippen LogP contribution in [0.15, 0.2) is 58.7 Å². The van der Waals surface area contributed by atoms with Gasteiger partial charge in [-0.15, -0.1) is 11.3 Å². The number of amides is 1. The lowest BCUT2D eigenvalue weighted by molar-refractivity contribution is -0.125. The normalized spacial score (nSPS) is 14.3. The van der Waals surface area contributed by atoms with Crippen LogP contribution in [0.5, 0.6) is 5.75 Å². The van der Waals surface area contributed by atoms with Crippen molar-refractivity contribution in [3.8, 4) is 16.9 Å². The maximum Gasteiger partial charge on any atom is 0.270 e. The number of aromatic amines is 1. The molecule has 0 atom stereocenters. The van der Waals surface area contributed by atoms with Crippen LogP contribution < -0.4 is 20.5 Å². The molecule has 35 heavy (non-hydrogen) atoms. The summed E-state index contributed by atoms with van der Waals surface area (Å²) in [6.07, 6.45) is 1.43. The smallest absolute Gasteiger partial charge is 0.270 e. The van der Waals surface area contributed by atoms with Crippen LogP contribution in [-0.2, 0) is 11.3 Å². The first-order valence-corrected chi connectivity index (χ1v) is 12.6. The maximum atomic E-state index is 12.8. The molecule has 0 saturated carbocycles. The van der Waals surface area contributed by atoms with Crippen molar-refractivity contribution in [2.24, 2.45) is 5.92 Å². The molecule has 1 aliphatic rings. The largest absolute Gasteiger partial charge is 0.497 e. The number of hydrogen-bond acceptors (Lipinski definition) is 6. The minimum atomic E-state index is -0.117. The summed E-state index contributed by atoms with van der Waals surface area (Å²) in [5.74, 6) is 1.39. The number of ether oxygens (including phenoxy) is 1.